The van der Waals surface area contributed by atoms with Gasteiger partial charge < -0.3 is 10.2 Å². The largest absolute Gasteiger partial charge is 0.338 e. The predicted molar refractivity (Wildman–Crippen MR) is 90.4 cm³/mol. The predicted octanol–water partition coefficient (Wildman–Crippen LogP) is 2.15. The normalized spacial score (nSPS) is 21.0. The van der Waals surface area contributed by atoms with Gasteiger partial charge in [0.25, 0.3) is 0 Å². The van der Waals surface area contributed by atoms with E-state index in [2.05, 4.69) is 47.0 Å². The van der Waals surface area contributed by atoms with Gasteiger partial charge in [-0.25, -0.2) is 4.79 Å². The summed E-state index contributed by atoms with van der Waals surface area (Å²) in [5.74, 6) is 0. The minimum Gasteiger partial charge on any atom is -0.338 e. The van der Waals surface area contributed by atoms with Gasteiger partial charge in [-0.2, -0.15) is 5.10 Å². The zero-order chi connectivity index (χ0) is 16.4. The second kappa shape index (κ2) is 6.91. The van der Waals surface area contributed by atoms with E-state index in [1.165, 1.54) is 5.56 Å². The van der Waals surface area contributed by atoms with Gasteiger partial charge in [-0.05, 0) is 40.0 Å². The van der Waals surface area contributed by atoms with Crippen LogP contribution in [-0.2, 0) is 6.54 Å². The van der Waals surface area contributed by atoms with Gasteiger partial charge in [0.05, 0.1) is 5.69 Å². The fraction of sp³-hybridized carbons (Fsp3) is 0.765. The van der Waals surface area contributed by atoms with Gasteiger partial charge in [-0.3, -0.25) is 9.58 Å². The molecule has 3 heterocycles. The minimum absolute atomic E-state index is 0.128. The van der Waals surface area contributed by atoms with Gasteiger partial charge in [-0.1, -0.05) is 0 Å². The molecule has 0 spiro atoms. The van der Waals surface area contributed by atoms with Crippen molar-refractivity contribution >= 4 is 6.03 Å². The topological polar surface area (TPSA) is 53.4 Å². The third-order valence-electron chi connectivity index (χ3n) is 5.05. The molecule has 1 N–H and O–H groups in total. The number of hydrogen-bond donors (Lipinski definition) is 1. The summed E-state index contributed by atoms with van der Waals surface area (Å²) in [4.78, 5) is 16.5. The number of urea groups is 1. The van der Waals surface area contributed by atoms with Crippen LogP contribution in [0.25, 0.3) is 0 Å². The Morgan fingerprint density at radius 3 is 2.65 bits per heavy atom. The Morgan fingerprint density at radius 1 is 1.30 bits per heavy atom. The van der Waals surface area contributed by atoms with Crippen molar-refractivity contribution in [2.75, 3.05) is 26.2 Å². The third kappa shape index (κ3) is 3.68. The number of nitrogens with zero attached hydrogens (tertiary/aromatic N) is 4. The first-order valence-electron chi connectivity index (χ1n) is 8.86. The first kappa shape index (κ1) is 16.3. The molecule has 128 valence electrons. The van der Waals surface area contributed by atoms with Gasteiger partial charge in [0.1, 0.15) is 0 Å². The molecule has 6 heteroatoms. The van der Waals surface area contributed by atoms with E-state index < -0.39 is 0 Å². The number of carbonyl (C=O) groups is 1. The van der Waals surface area contributed by atoms with Crippen LogP contribution < -0.4 is 5.32 Å². The minimum atomic E-state index is 0.128. The van der Waals surface area contributed by atoms with Crippen LogP contribution in [0, 0.1) is 6.92 Å². The lowest BCUT2D eigenvalue weighted by molar-refractivity contribution is 0.109. The first-order chi connectivity index (χ1) is 11.0. The van der Waals surface area contributed by atoms with E-state index in [1.807, 2.05) is 4.90 Å². The number of nitrogens with one attached hydrogen (secondary N) is 1. The molecule has 0 saturated carbocycles. The number of amides is 2. The van der Waals surface area contributed by atoms with Crippen molar-refractivity contribution in [3.05, 3.63) is 17.5 Å². The molecule has 0 atom stereocenters. The van der Waals surface area contributed by atoms with Crippen molar-refractivity contribution in [1.29, 1.82) is 0 Å². The average Bonchev–Trinajstić information content (AvgIpc) is 2.90. The Labute approximate surface area is 138 Å². The fourth-order valence-corrected chi connectivity index (χ4v) is 3.57. The smallest absolute Gasteiger partial charge is 0.317 e. The second-order valence-electron chi connectivity index (χ2n) is 7.10. The zero-order valence-corrected chi connectivity index (χ0v) is 14.6. The molecule has 0 unspecified atom stereocenters. The lowest BCUT2D eigenvalue weighted by Gasteiger charge is -2.40. The van der Waals surface area contributed by atoms with Crippen LogP contribution >= 0.6 is 0 Å². The first-order valence-corrected chi connectivity index (χ1v) is 8.86. The molecular formula is C17H29N5O. The van der Waals surface area contributed by atoms with Crippen LogP contribution in [-0.4, -0.2) is 57.8 Å². The molecule has 0 aliphatic carbocycles. The Hall–Kier alpha value is -1.56. The lowest BCUT2D eigenvalue weighted by atomic mass is 10.0. The van der Waals surface area contributed by atoms with E-state index in [0.717, 1.165) is 57.7 Å². The van der Waals surface area contributed by atoms with Crippen LogP contribution in [0.4, 0.5) is 4.79 Å². The highest BCUT2D eigenvalue weighted by Crippen LogP contribution is 2.21. The molecule has 0 radical (unpaired) electrons. The molecule has 2 saturated heterocycles. The summed E-state index contributed by atoms with van der Waals surface area (Å²) in [6, 6.07) is 0.945. The van der Waals surface area contributed by atoms with Crippen LogP contribution in [0.1, 0.15) is 50.4 Å². The highest BCUT2D eigenvalue weighted by atomic mass is 16.2. The quantitative estimate of drug-likeness (QED) is 0.925. The van der Waals surface area contributed by atoms with Gasteiger partial charge in [0.15, 0.2) is 0 Å². The van der Waals surface area contributed by atoms with E-state index >= 15 is 0 Å². The van der Waals surface area contributed by atoms with Crippen LogP contribution in [0.15, 0.2) is 6.20 Å². The molecular weight excluding hydrogens is 290 g/mol. The molecule has 2 fully saturated rings. The third-order valence-corrected chi connectivity index (χ3v) is 5.05. The number of piperidine rings is 1. The van der Waals surface area contributed by atoms with Crippen molar-refractivity contribution in [2.24, 2.45) is 0 Å². The Balaban J connectivity index is 1.54. The molecule has 2 aliphatic heterocycles. The Kier molecular flexibility index (Phi) is 4.90. The highest BCUT2D eigenvalue weighted by molar-refractivity contribution is 5.75. The van der Waals surface area contributed by atoms with Crippen molar-refractivity contribution < 1.29 is 4.79 Å². The van der Waals surface area contributed by atoms with Crippen LogP contribution in [0.3, 0.4) is 0 Å². The van der Waals surface area contributed by atoms with Crippen LogP contribution in [0.5, 0.6) is 0 Å². The molecule has 0 aromatic carbocycles. The zero-order valence-electron chi connectivity index (χ0n) is 14.6. The molecule has 0 bridgehead atoms. The summed E-state index contributed by atoms with van der Waals surface area (Å²) in [5, 5.41) is 7.57. The maximum atomic E-state index is 12.0. The van der Waals surface area contributed by atoms with Crippen molar-refractivity contribution in [1.82, 2.24) is 24.9 Å². The van der Waals surface area contributed by atoms with Gasteiger partial charge in [0, 0.05) is 56.6 Å². The molecule has 3 rings (SSSR count). The summed E-state index contributed by atoms with van der Waals surface area (Å²) in [7, 11) is 0. The number of carbonyl (C=O) groups excluding carboxylic acids is 1. The van der Waals surface area contributed by atoms with Crippen molar-refractivity contribution in [3.8, 4) is 0 Å². The second-order valence-corrected chi connectivity index (χ2v) is 7.10. The molecule has 2 amide bonds. The van der Waals surface area contributed by atoms with E-state index in [9.17, 15) is 4.79 Å². The summed E-state index contributed by atoms with van der Waals surface area (Å²) >= 11 is 0. The lowest BCUT2D eigenvalue weighted by Crippen LogP contribution is -2.54. The standard InChI is InChI=1S/C17H29N5O/c1-13(2)22-12-15(14(3)19-22)11-20-9-5-16(6-10-20)21-8-4-7-18-17(21)23/h12-13,16H,4-11H2,1-3H3,(H,18,23). The number of rotatable bonds is 4. The van der Waals surface area contributed by atoms with Gasteiger partial charge in [-0.15, -0.1) is 0 Å². The SMILES string of the molecule is Cc1nn(C(C)C)cc1CN1CCC(N2CCCNC2=O)CC1. The summed E-state index contributed by atoms with van der Waals surface area (Å²) in [5.41, 5.74) is 2.46. The highest BCUT2D eigenvalue weighted by Gasteiger charge is 2.29. The van der Waals surface area contributed by atoms with E-state index in [0.29, 0.717) is 12.1 Å². The average molecular weight is 319 g/mol. The fourth-order valence-electron chi connectivity index (χ4n) is 3.57. The molecule has 6 nitrogen and oxygen atoms in total. The number of likely N-dealkylation sites (tertiary alicyclic amines) is 1. The monoisotopic (exact) mass is 319 g/mol. The molecule has 23 heavy (non-hydrogen) atoms. The van der Waals surface area contributed by atoms with E-state index in [4.69, 9.17) is 0 Å². The number of aryl methyl sites for hydroxylation is 1. The van der Waals surface area contributed by atoms with Crippen molar-refractivity contribution in [3.63, 3.8) is 0 Å². The molecule has 2 aliphatic rings. The van der Waals surface area contributed by atoms with Gasteiger partial charge in [0.2, 0.25) is 0 Å². The summed E-state index contributed by atoms with van der Waals surface area (Å²) in [6.45, 7) is 11.2. The number of aromatic nitrogens is 2. The number of hydrogen-bond acceptors (Lipinski definition) is 3. The van der Waals surface area contributed by atoms with Gasteiger partial charge >= 0.3 is 6.03 Å². The van der Waals surface area contributed by atoms with Crippen molar-refractivity contribution in [2.45, 2.75) is 58.7 Å². The van der Waals surface area contributed by atoms with Crippen LogP contribution in [0.2, 0.25) is 0 Å². The molecule has 1 aromatic rings. The molecule has 1 aromatic heterocycles. The maximum absolute atomic E-state index is 12.0. The van der Waals surface area contributed by atoms with E-state index in [-0.39, 0.29) is 6.03 Å². The Morgan fingerprint density at radius 2 is 2.04 bits per heavy atom. The summed E-state index contributed by atoms with van der Waals surface area (Å²) < 4.78 is 2.05. The maximum Gasteiger partial charge on any atom is 0.317 e. The van der Waals surface area contributed by atoms with E-state index in [1.54, 1.807) is 0 Å². The Bertz CT molecular complexity index is 545. The summed E-state index contributed by atoms with van der Waals surface area (Å²) in [6.07, 6.45) is 5.40.